The Balaban J connectivity index is 1.64. The number of nitrogens with one attached hydrogen (secondary N) is 1. The minimum atomic E-state index is -1.06. The van der Waals surface area contributed by atoms with Crippen molar-refractivity contribution in [1.29, 1.82) is 0 Å². The number of H-pyrrole nitrogens is 1. The van der Waals surface area contributed by atoms with Crippen LogP contribution in [-0.4, -0.2) is 23.5 Å². The number of ether oxygens (including phenoxy) is 1. The molecule has 0 aliphatic rings. The molecule has 1 heterocycles. The first-order valence-electron chi connectivity index (χ1n) is 5.81. The van der Waals surface area contributed by atoms with E-state index in [0.717, 1.165) is 0 Å². The summed E-state index contributed by atoms with van der Waals surface area (Å²) in [5, 5.41) is 0. The van der Waals surface area contributed by atoms with Gasteiger partial charge in [0.25, 0.3) is 0 Å². The molecule has 1 aromatic heterocycles. The summed E-state index contributed by atoms with van der Waals surface area (Å²) in [6.07, 6.45) is 0.430. The highest BCUT2D eigenvalue weighted by Gasteiger charge is 2.09. The van der Waals surface area contributed by atoms with E-state index in [1.165, 1.54) is 18.0 Å². The van der Waals surface area contributed by atoms with E-state index in [2.05, 4.69) is 4.98 Å². The summed E-state index contributed by atoms with van der Waals surface area (Å²) in [4.78, 5) is 13.1. The van der Waals surface area contributed by atoms with Crippen LogP contribution in [-0.2, 0) is 5.75 Å². The number of alkyl halides is 1. The minimum Gasteiger partial charge on any atom is -0.491 e. The van der Waals surface area contributed by atoms with Crippen LogP contribution >= 0.6 is 11.8 Å². The number of para-hydroxylation sites is 1. The Morgan fingerprint density at radius 2 is 2.16 bits per heavy atom. The number of hydrogen-bond donors (Lipinski definition) is 1. The zero-order valence-electron chi connectivity index (χ0n) is 10.2. The van der Waals surface area contributed by atoms with Gasteiger partial charge in [-0.15, -0.1) is 0 Å². The lowest BCUT2D eigenvalue weighted by Crippen LogP contribution is -2.15. The lowest BCUT2D eigenvalue weighted by Gasteiger charge is -2.09. The Kier molecular flexibility index (Phi) is 5.09. The van der Waals surface area contributed by atoms with Gasteiger partial charge in [0.05, 0.1) is 5.75 Å². The highest BCUT2D eigenvalue weighted by atomic mass is 32.2. The van der Waals surface area contributed by atoms with Crippen molar-refractivity contribution in [2.45, 2.75) is 11.9 Å². The monoisotopic (exact) mass is 283 g/mol. The van der Waals surface area contributed by atoms with Crippen molar-refractivity contribution in [1.82, 2.24) is 4.98 Å². The van der Waals surface area contributed by atoms with Crippen molar-refractivity contribution >= 4 is 11.8 Å². The fourth-order valence-corrected chi connectivity index (χ4v) is 2.24. The van der Waals surface area contributed by atoms with Crippen LogP contribution in [0.2, 0.25) is 0 Å². The maximum atomic E-state index is 13.6. The van der Waals surface area contributed by atoms with Gasteiger partial charge in [-0.1, -0.05) is 18.2 Å². The largest absolute Gasteiger partial charge is 0.491 e. The molecule has 0 amide bonds. The number of aromatic nitrogens is 1. The first-order valence-corrected chi connectivity index (χ1v) is 6.96. The molecule has 0 spiro atoms. The number of halogens is 1. The summed E-state index contributed by atoms with van der Waals surface area (Å²) in [6.45, 7) is 0.0219. The van der Waals surface area contributed by atoms with Crippen molar-refractivity contribution in [3.63, 3.8) is 0 Å². The number of oxazole rings is 1. The first kappa shape index (κ1) is 13.7. The maximum Gasteiger partial charge on any atom is 0.416 e. The second-order valence-electron chi connectivity index (χ2n) is 3.88. The number of hydrogen-bond acceptors (Lipinski definition) is 4. The number of benzene rings is 1. The van der Waals surface area contributed by atoms with Crippen molar-refractivity contribution < 1.29 is 13.5 Å². The van der Waals surface area contributed by atoms with Crippen molar-refractivity contribution in [3.8, 4) is 5.75 Å². The molecule has 19 heavy (non-hydrogen) atoms. The van der Waals surface area contributed by atoms with Crippen LogP contribution in [0.25, 0.3) is 0 Å². The zero-order valence-corrected chi connectivity index (χ0v) is 11.0. The van der Waals surface area contributed by atoms with Gasteiger partial charge in [0.1, 0.15) is 24.3 Å². The Hall–Kier alpha value is -1.69. The third kappa shape index (κ3) is 4.82. The summed E-state index contributed by atoms with van der Waals surface area (Å²) in [6, 6.07) is 9.12. The Morgan fingerprint density at radius 3 is 2.84 bits per heavy atom. The van der Waals surface area contributed by atoms with Gasteiger partial charge in [-0.2, -0.15) is 11.8 Å². The molecule has 0 saturated heterocycles. The van der Waals surface area contributed by atoms with Gasteiger partial charge >= 0.3 is 5.76 Å². The van der Waals surface area contributed by atoms with Crippen LogP contribution in [0.1, 0.15) is 5.76 Å². The molecule has 2 aromatic rings. The molecule has 102 valence electrons. The molecule has 0 aliphatic heterocycles. The van der Waals surface area contributed by atoms with Gasteiger partial charge in [0.15, 0.2) is 0 Å². The van der Waals surface area contributed by atoms with Crippen LogP contribution in [0.4, 0.5) is 4.39 Å². The molecule has 1 aromatic carbocycles. The summed E-state index contributed by atoms with van der Waals surface area (Å²) in [7, 11) is 0. The van der Waals surface area contributed by atoms with E-state index in [9.17, 15) is 9.18 Å². The quantitative estimate of drug-likeness (QED) is 0.848. The fourth-order valence-electron chi connectivity index (χ4n) is 1.43. The highest BCUT2D eigenvalue weighted by Crippen LogP contribution is 2.14. The molecular formula is C13H14FNO3S. The zero-order chi connectivity index (χ0) is 13.5. The molecule has 1 N–H and O–H groups in total. The third-order valence-electron chi connectivity index (χ3n) is 2.29. The fraction of sp³-hybridized carbons (Fsp3) is 0.308. The van der Waals surface area contributed by atoms with Crippen LogP contribution in [0.15, 0.2) is 45.7 Å². The lowest BCUT2D eigenvalue weighted by molar-refractivity contribution is 0.213. The number of aromatic amines is 1. The van der Waals surface area contributed by atoms with Gasteiger partial charge in [0.2, 0.25) is 0 Å². The van der Waals surface area contributed by atoms with Crippen LogP contribution in [0.5, 0.6) is 5.75 Å². The van der Waals surface area contributed by atoms with Crippen LogP contribution < -0.4 is 10.5 Å². The summed E-state index contributed by atoms with van der Waals surface area (Å²) < 4.78 is 23.7. The first-order chi connectivity index (χ1) is 9.24. The van der Waals surface area contributed by atoms with Gasteiger partial charge in [0, 0.05) is 11.9 Å². The second-order valence-corrected chi connectivity index (χ2v) is 4.91. The van der Waals surface area contributed by atoms with E-state index in [0.29, 0.717) is 23.0 Å². The normalized spacial score (nSPS) is 12.3. The smallest absolute Gasteiger partial charge is 0.416 e. The number of rotatable bonds is 7. The van der Waals surface area contributed by atoms with E-state index < -0.39 is 11.9 Å². The molecule has 0 aliphatic carbocycles. The number of thioether (sulfide) groups is 1. The molecule has 6 heteroatoms. The van der Waals surface area contributed by atoms with E-state index in [1.807, 2.05) is 18.2 Å². The summed E-state index contributed by atoms with van der Waals surface area (Å²) >= 11 is 1.36. The van der Waals surface area contributed by atoms with E-state index in [1.54, 1.807) is 12.1 Å². The minimum absolute atomic E-state index is 0.0219. The molecular weight excluding hydrogens is 269 g/mol. The topological polar surface area (TPSA) is 55.2 Å². The molecule has 4 nitrogen and oxygen atoms in total. The van der Waals surface area contributed by atoms with Gasteiger partial charge in [-0.05, 0) is 12.1 Å². The average molecular weight is 283 g/mol. The maximum absolute atomic E-state index is 13.6. The predicted molar refractivity (Wildman–Crippen MR) is 72.3 cm³/mol. The van der Waals surface area contributed by atoms with Crippen molar-refractivity contribution in [3.05, 3.63) is 52.8 Å². The molecule has 1 unspecified atom stereocenters. The average Bonchev–Trinajstić information content (AvgIpc) is 2.83. The highest BCUT2D eigenvalue weighted by molar-refractivity contribution is 7.98. The van der Waals surface area contributed by atoms with Gasteiger partial charge in [-0.3, -0.25) is 4.98 Å². The molecule has 0 saturated carbocycles. The predicted octanol–water partition coefficient (Wildman–Crippen LogP) is 2.62. The van der Waals surface area contributed by atoms with Crippen molar-refractivity contribution in [2.24, 2.45) is 0 Å². The van der Waals surface area contributed by atoms with E-state index in [-0.39, 0.29) is 6.61 Å². The van der Waals surface area contributed by atoms with Gasteiger partial charge < -0.3 is 9.15 Å². The summed E-state index contributed by atoms with van der Waals surface area (Å²) in [5.41, 5.74) is 0. The molecule has 0 bridgehead atoms. The third-order valence-corrected chi connectivity index (χ3v) is 3.38. The standard InChI is InChI=1S/C13H14FNO3S/c14-10(7-17-11-4-2-1-3-5-11)8-19-9-12-6-15-13(16)18-12/h1-6,10H,7-9H2,(H,15,16). The van der Waals surface area contributed by atoms with E-state index in [4.69, 9.17) is 9.15 Å². The lowest BCUT2D eigenvalue weighted by atomic mass is 10.3. The van der Waals surface area contributed by atoms with Crippen LogP contribution in [0, 0.1) is 0 Å². The molecule has 1 atom stereocenters. The summed E-state index contributed by atoms with van der Waals surface area (Å²) in [5.74, 6) is 1.45. The van der Waals surface area contributed by atoms with E-state index >= 15 is 0 Å². The van der Waals surface area contributed by atoms with Gasteiger partial charge in [-0.25, -0.2) is 9.18 Å². The second kappa shape index (κ2) is 7.04. The Labute approximate surface area is 114 Å². The Morgan fingerprint density at radius 1 is 1.37 bits per heavy atom. The molecule has 2 rings (SSSR count). The van der Waals surface area contributed by atoms with Crippen LogP contribution in [0.3, 0.4) is 0 Å². The molecule has 0 radical (unpaired) electrons. The SMILES string of the molecule is O=c1[nH]cc(CSCC(F)COc2ccccc2)o1. The Bertz CT molecular complexity index is 540. The van der Waals surface area contributed by atoms with Crippen molar-refractivity contribution in [2.75, 3.05) is 12.4 Å². The molecule has 0 fully saturated rings.